The predicted octanol–water partition coefficient (Wildman–Crippen LogP) is 2.41. The van der Waals surface area contributed by atoms with Crippen LogP contribution < -0.4 is 5.32 Å². The van der Waals surface area contributed by atoms with Gasteiger partial charge in [0.2, 0.25) is 5.95 Å². The summed E-state index contributed by atoms with van der Waals surface area (Å²) in [6.07, 6.45) is 7.16. The average Bonchev–Trinajstić information content (AvgIpc) is 2.93. The Bertz CT molecular complexity index is 663. The minimum Gasteiger partial charge on any atom is -0.340 e. The van der Waals surface area contributed by atoms with E-state index in [4.69, 9.17) is 0 Å². The van der Waals surface area contributed by atoms with E-state index in [0.717, 1.165) is 11.4 Å². The fourth-order valence-corrected chi connectivity index (χ4v) is 2.10. The topological polar surface area (TPSA) is 55.6 Å². The summed E-state index contributed by atoms with van der Waals surface area (Å²) in [5.41, 5.74) is 1.12. The van der Waals surface area contributed by atoms with Gasteiger partial charge in [-0.25, -0.2) is 15.0 Å². The molecule has 0 spiro atoms. The van der Waals surface area contributed by atoms with Gasteiger partial charge in [0.05, 0.1) is 0 Å². The van der Waals surface area contributed by atoms with Crippen LogP contribution in [0.1, 0.15) is 17.4 Å². The van der Waals surface area contributed by atoms with Gasteiger partial charge in [-0.1, -0.05) is 30.3 Å². The summed E-state index contributed by atoms with van der Waals surface area (Å²) < 4.78 is 1.99. The second-order valence-corrected chi connectivity index (χ2v) is 4.46. The Morgan fingerprint density at radius 2 is 1.70 bits per heavy atom. The zero-order valence-corrected chi connectivity index (χ0v) is 11.1. The lowest BCUT2D eigenvalue weighted by molar-refractivity contribution is 0.742. The Morgan fingerprint density at radius 3 is 2.35 bits per heavy atom. The summed E-state index contributed by atoms with van der Waals surface area (Å²) in [5.74, 6) is 1.51. The van der Waals surface area contributed by atoms with Crippen LogP contribution in [0.2, 0.25) is 0 Å². The molecule has 1 aromatic carbocycles. The molecule has 0 unspecified atom stereocenters. The molecule has 0 aliphatic rings. The van der Waals surface area contributed by atoms with Crippen LogP contribution >= 0.6 is 0 Å². The number of nitrogens with zero attached hydrogens (tertiary/aromatic N) is 4. The summed E-state index contributed by atoms with van der Waals surface area (Å²) in [6, 6.07) is 11.9. The quantitative estimate of drug-likeness (QED) is 0.787. The van der Waals surface area contributed by atoms with Crippen molar-refractivity contribution in [2.75, 3.05) is 5.32 Å². The Labute approximate surface area is 117 Å². The molecule has 1 atom stereocenters. The molecule has 0 saturated heterocycles. The molecule has 0 aliphatic carbocycles. The molecular weight excluding hydrogens is 250 g/mol. The van der Waals surface area contributed by atoms with E-state index in [0.29, 0.717) is 5.95 Å². The van der Waals surface area contributed by atoms with Gasteiger partial charge in [0, 0.05) is 31.8 Å². The molecule has 0 amide bonds. The van der Waals surface area contributed by atoms with Crippen LogP contribution in [0.25, 0.3) is 0 Å². The molecule has 0 fully saturated rings. The van der Waals surface area contributed by atoms with E-state index < -0.39 is 0 Å². The number of aromatic nitrogens is 4. The van der Waals surface area contributed by atoms with Crippen molar-refractivity contribution >= 4 is 5.95 Å². The molecule has 0 saturated carbocycles. The monoisotopic (exact) mass is 265 g/mol. The molecule has 3 aromatic rings. The van der Waals surface area contributed by atoms with Crippen LogP contribution in [0.15, 0.2) is 61.2 Å². The molecular formula is C15H15N5. The number of hydrogen-bond donors (Lipinski definition) is 1. The summed E-state index contributed by atoms with van der Waals surface area (Å²) >= 11 is 0. The third-order valence-corrected chi connectivity index (χ3v) is 3.09. The van der Waals surface area contributed by atoms with Gasteiger partial charge in [-0.3, -0.25) is 0 Å². The molecule has 20 heavy (non-hydrogen) atoms. The van der Waals surface area contributed by atoms with Crippen LogP contribution in [0.4, 0.5) is 5.95 Å². The van der Waals surface area contributed by atoms with Gasteiger partial charge in [0.1, 0.15) is 11.9 Å². The maximum Gasteiger partial charge on any atom is 0.223 e. The van der Waals surface area contributed by atoms with Crippen LogP contribution in [0.3, 0.4) is 0 Å². The molecule has 0 aliphatic heterocycles. The van der Waals surface area contributed by atoms with Gasteiger partial charge in [-0.05, 0) is 11.6 Å². The van der Waals surface area contributed by atoms with Crippen molar-refractivity contribution in [2.45, 2.75) is 6.04 Å². The Balaban J connectivity index is 1.98. The van der Waals surface area contributed by atoms with E-state index in [1.807, 2.05) is 36.0 Å². The van der Waals surface area contributed by atoms with Crippen molar-refractivity contribution in [3.8, 4) is 0 Å². The van der Waals surface area contributed by atoms with Crippen LogP contribution in [-0.4, -0.2) is 19.5 Å². The smallest absolute Gasteiger partial charge is 0.223 e. The van der Waals surface area contributed by atoms with Gasteiger partial charge in [-0.2, -0.15) is 0 Å². The number of imidazole rings is 1. The Morgan fingerprint density at radius 1 is 0.950 bits per heavy atom. The lowest BCUT2D eigenvalue weighted by Gasteiger charge is -2.18. The largest absolute Gasteiger partial charge is 0.340 e. The SMILES string of the molecule is Cn1ccnc1[C@H](Nc1ncccn1)c1ccccc1. The molecule has 0 radical (unpaired) electrons. The molecule has 100 valence electrons. The maximum absolute atomic E-state index is 4.43. The molecule has 0 bridgehead atoms. The predicted molar refractivity (Wildman–Crippen MR) is 77.1 cm³/mol. The average molecular weight is 265 g/mol. The first-order valence-corrected chi connectivity index (χ1v) is 6.40. The van der Waals surface area contributed by atoms with E-state index in [2.05, 4.69) is 32.4 Å². The second-order valence-electron chi connectivity index (χ2n) is 4.46. The summed E-state index contributed by atoms with van der Waals surface area (Å²) in [5, 5.41) is 3.33. The van der Waals surface area contributed by atoms with Crippen molar-refractivity contribution in [3.05, 3.63) is 72.6 Å². The van der Waals surface area contributed by atoms with Gasteiger partial charge < -0.3 is 9.88 Å². The molecule has 2 heterocycles. The highest BCUT2D eigenvalue weighted by Gasteiger charge is 2.18. The van der Waals surface area contributed by atoms with Gasteiger partial charge in [-0.15, -0.1) is 0 Å². The van der Waals surface area contributed by atoms with Crippen molar-refractivity contribution in [1.82, 2.24) is 19.5 Å². The number of nitrogens with one attached hydrogen (secondary N) is 1. The van der Waals surface area contributed by atoms with E-state index >= 15 is 0 Å². The van der Waals surface area contributed by atoms with Gasteiger partial charge in [0.25, 0.3) is 0 Å². The van der Waals surface area contributed by atoms with Crippen LogP contribution in [0.5, 0.6) is 0 Å². The summed E-state index contributed by atoms with van der Waals surface area (Å²) in [4.78, 5) is 12.9. The minimum absolute atomic E-state index is 0.0846. The van der Waals surface area contributed by atoms with Crippen molar-refractivity contribution in [2.24, 2.45) is 7.05 Å². The lowest BCUT2D eigenvalue weighted by atomic mass is 10.1. The lowest BCUT2D eigenvalue weighted by Crippen LogP contribution is -2.18. The van der Waals surface area contributed by atoms with Crippen molar-refractivity contribution in [1.29, 1.82) is 0 Å². The highest BCUT2D eigenvalue weighted by atomic mass is 15.2. The first-order valence-electron chi connectivity index (χ1n) is 6.40. The number of anilines is 1. The van der Waals surface area contributed by atoms with Gasteiger partial charge in [0.15, 0.2) is 0 Å². The molecule has 5 nitrogen and oxygen atoms in total. The second kappa shape index (κ2) is 5.52. The summed E-state index contributed by atoms with van der Waals surface area (Å²) in [7, 11) is 1.98. The number of benzene rings is 1. The normalized spacial score (nSPS) is 12.1. The molecule has 2 aromatic heterocycles. The zero-order chi connectivity index (χ0) is 13.8. The van der Waals surface area contributed by atoms with E-state index in [1.54, 1.807) is 24.7 Å². The standard InChI is InChI=1S/C15H15N5/c1-20-11-10-16-14(20)13(12-6-3-2-4-7-12)19-15-17-8-5-9-18-15/h2-11,13H,1H3,(H,17,18,19)/t13-/m1/s1. The van der Waals surface area contributed by atoms with Crippen LogP contribution in [0, 0.1) is 0 Å². The molecule has 5 heteroatoms. The van der Waals surface area contributed by atoms with Gasteiger partial charge >= 0.3 is 0 Å². The number of hydrogen-bond acceptors (Lipinski definition) is 4. The van der Waals surface area contributed by atoms with Crippen molar-refractivity contribution in [3.63, 3.8) is 0 Å². The number of rotatable bonds is 4. The highest BCUT2D eigenvalue weighted by Crippen LogP contribution is 2.23. The highest BCUT2D eigenvalue weighted by molar-refractivity contribution is 5.36. The van der Waals surface area contributed by atoms with Crippen LogP contribution in [-0.2, 0) is 7.05 Å². The number of aryl methyl sites for hydroxylation is 1. The van der Waals surface area contributed by atoms with E-state index in [9.17, 15) is 0 Å². The Kier molecular flexibility index (Phi) is 3.41. The third kappa shape index (κ3) is 2.51. The summed E-state index contributed by atoms with van der Waals surface area (Å²) in [6.45, 7) is 0. The first kappa shape index (κ1) is 12.3. The molecule has 1 N–H and O–H groups in total. The maximum atomic E-state index is 4.43. The Hall–Kier alpha value is -2.69. The van der Waals surface area contributed by atoms with E-state index in [1.165, 1.54) is 0 Å². The minimum atomic E-state index is -0.0846. The third-order valence-electron chi connectivity index (χ3n) is 3.09. The van der Waals surface area contributed by atoms with E-state index in [-0.39, 0.29) is 6.04 Å². The van der Waals surface area contributed by atoms with Crippen molar-refractivity contribution < 1.29 is 0 Å². The fraction of sp³-hybridized carbons (Fsp3) is 0.133. The zero-order valence-electron chi connectivity index (χ0n) is 11.1. The fourth-order valence-electron chi connectivity index (χ4n) is 2.10. The first-order chi connectivity index (χ1) is 9.84. The molecule has 3 rings (SSSR count).